The number of nitrogens with zero attached hydrogens (tertiary/aromatic N) is 3. The van der Waals surface area contributed by atoms with Gasteiger partial charge in [0, 0.05) is 18.4 Å². The van der Waals surface area contributed by atoms with Gasteiger partial charge in [-0.15, -0.1) is 10.2 Å². The van der Waals surface area contributed by atoms with Crippen molar-refractivity contribution in [3.8, 4) is 11.5 Å². The Kier molecular flexibility index (Phi) is 7.85. The highest BCUT2D eigenvalue weighted by Crippen LogP contribution is 2.26. The number of benzene rings is 2. The zero-order chi connectivity index (χ0) is 23.0. The SMILES string of the molecule is COc1ccc(C(=O)NCc2nnc(SC[C@@H]3CCCO3)n2Cc2ccccc2)c(OC)c1. The Balaban J connectivity index is 1.49. The molecule has 0 unspecified atom stereocenters. The highest BCUT2D eigenvalue weighted by molar-refractivity contribution is 7.99. The molecule has 1 fully saturated rings. The maximum Gasteiger partial charge on any atom is 0.255 e. The van der Waals surface area contributed by atoms with Crippen molar-refractivity contribution in [3.05, 3.63) is 65.5 Å². The Bertz CT molecular complexity index is 1070. The van der Waals surface area contributed by atoms with Gasteiger partial charge in [0.1, 0.15) is 11.5 Å². The Morgan fingerprint density at radius 3 is 2.76 bits per heavy atom. The summed E-state index contributed by atoms with van der Waals surface area (Å²) in [5.74, 6) is 2.35. The molecule has 3 aromatic rings. The number of aromatic nitrogens is 3. The second-order valence-corrected chi connectivity index (χ2v) is 8.65. The summed E-state index contributed by atoms with van der Waals surface area (Å²) in [7, 11) is 3.10. The molecule has 8 nitrogen and oxygen atoms in total. The van der Waals surface area contributed by atoms with E-state index in [1.165, 1.54) is 7.11 Å². The van der Waals surface area contributed by atoms with E-state index in [-0.39, 0.29) is 18.6 Å². The van der Waals surface area contributed by atoms with E-state index >= 15 is 0 Å². The van der Waals surface area contributed by atoms with E-state index in [0.29, 0.717) is 29.4 Å². The summed E-state index contributed by atoms with van der Waals surface area (Å²) in [5, 5.41) is 12.6. The molecule has 0 spiro atoms. The van der Waals surface area contributed by atoms with E-state index in [9.17, 15) is 4.79 Å². The van der Waals surface area contributed by atoms with Crippen molar-refractivity contribution in [1.29, 1.82) is 0 Å². The molecule has 1 aliphatic heterocycles. The largest absolute Gasteiger partial charge is 0.497 e. The van der Waals surface area contributed by atoms with Gasteiger partial charge in [-0.05, 0) is 30.5 Å². The quantitative estimate of drug-likeness (QED) is 0.455. The van der Waals surface area contributed by atoms with Gasteiger partial charge in [0.05, 0.1) is 39.0 Å². The number of nitrogens with one attached hydrogen (secondary N) is 1. The summed E-state index contributed by atoms with van der Waals surface area (Å²) in [6.07, 6.45) is 2.43. The first kappa shape index (κ1) is 23.1. The number of ether oxygens (including phenoxy) is 3. The number of amides is 1. The third-order valence-corrected chi connectivity index (χ3v) is 6.56. The fraction of sp³-hybridized carbons (Fsp3) is 0.375. The average molecular weight is 469 g/mol. The lowest BCUT2D eigenvalue weighted by Crippen LogP contribution is -2.25. The molecule has 0 saturated carbocycles. The number of rotatable bonds is 10. The van der Waals surface area contributed by atoms with Crippen LogP contribution in [0.15, 0.2) is 53.7 Å². The molecular weight excluding hydrogens is 440 g/mol. The van der Waals surface area contributed by atoms with Crippen molar-refractivity contribution < 1.29 is 19.0 Å². The first-order chi connectivity index (χ1) is 16.2. The van der Waals surface area contributed by atoms with Crippen LogP contribution in [0, 0.1) is 0 Å². The van der Waals surface area contributed by atoms with Crippen LogP contribution >= 0.6 is 11.8 Å². The van der Waals surface area contributed by atoms with Crippen molar-refractivity contribution >= 4 is 17.7 Å². The van der Waals surface area contributed by atoms with Gasteiger partial charge in [-0.2, -0.15) is 0 Å². The van der Waals surface area contributed by atoms with E-state index in [2.05, 4.69) is 32.2 Å². The predicted octanol–water partition coefficient (Wildman–Crippen LogP) is 3.54. The molecule has 1 aliphatic rings. The lowest BCUT2D eigenvalue weighted by Gasteiger charge is -2.13. The molecule has 9 heteroatoms. The second-order valence-electron chi connectivity index (χ2n) is 7.67. The summed E-state index contributed by atoms with van der Waals surface area (Å²) in [6, 6.07) is 15.3. The number of carbonyl (C=O) groups is 1. The van der Waals surface area contributed by atoms with Gasteiger partial charge in [0.15, 0.2) is 11.0 Å². The summed E-state index contributed by atoms with van der Waals surface area (Å²) >= 11 is 1.64. The van der Waals surface area contributed by atoms with Crippen LogP contribution in [-0.4, -0.2) is 53.4 Å². The van der Waals surface area contributed by atoms with Crippen LogP contribution in [0.1, 0.15) is 34.6 Å². The highest BCUT2D eigenvalue weighted by Gasteiger charge is 2.20. The Morgan fingerprint density at radius 1 is 1.18 bits per heavy atom. The minimum Gasteiger partial charge on any atom is -0.497 e. The summed E-state index contributed by atoms with van der Waals surface area (Å²) in [5.41, 5.74) is 1.57. The monoisotopic (exact) mass is 468 g/mol. The fourth-order valence-corrected chi connectivity index (χ4v) is 4.69. The van der Waals surface area contributed by atoms with Gasteiger partial charge in [0.2, 0.25) is 0 Å². The molecule has 4 rings (SSSR count). The number of thioether (sulfide) groups is 1. The van der Waals surface area contributed by atoms with Crippen LogP contribution in [0.3, 0.4) is 0 Å². The van der Waals surface area contributed by atoms with Crippen LogP contribution in [0.2, 0.25) is 0 Å². The van der Waals surface area contributed by atoms with Crippen molar-refractivity contribution in [3.63, 3.8) is 0 Å². The average Bonchev–Trinajstić information content (AvgIpc) is 3.51. The molecule has 174 valence electrons. The van der Waals surface area contributed by atoms with Crippen LogP contribution < -0.4 is 14.8 Å². The molecule has 1 N–H and O–H groups in total. The number of methoxy groups -OCH3 is 2. The van der Waals surface area contributed by atoms with Crippen LogP contribution in [0.5, 0.6) is 11.5 Å². The van der Waals surface area contributed by atoms with Crippen molar-refractivity contribution in [2.45, 2.75) is 37.2 Å². The van der Waals surface area contributed by atoms with Crippen LogP contribution in [0.25, 0.3) is 0 Å². The molecule has 2 aromatic carbocycles. The number of hydrogen-bond acceptors (Lipinski definition) is 7. The highest BCUT2D eigenvalue weighted by atomic mass is 32.2. The van der Waals surface area contributed by atoms with Gasteiger partial charge >= 0.3 is 0 Å². The van der Waals surface area contributed by atoms with Gasteiger partial charge in [-0.3, -0.25) is 4.79 Å². The Labute approximate surface area is 197 Å². The Morgan fingerprint density at radius 2 is 2.03 bits per heavy atom. The second kappa shape index (κ2) is 11.2. The molecule has 2 heterocycles. The van der Waals surface area contributed by atoms with E-state index in [0.717, 1.165) is 35.9 Å². The van der Waals surface area contributed by atoms with Gasteiger partial charge in [-0.25, -0.2) is 0 Å². The zero-order valence-electron chi connectivity index (χ0n) is 18.8. The molecule has 1 aromatic heterocycles. The smallest absolute Gasteiger partial charge is 0.255 e. The number of hydrogen-bond donors (Lipinski definition) is 1. The predicted molar refractivity (Wildman–Crippen MR) is 126 cm³/mol. The maximum absolute atomic E-state index is 12.9. The van der Waals surface area contributed by atoms with Gasteiger partial charge in [-0.1, -0.05) is 42.1 Å². The first-order valence-corrected chi connectivity index (χ1v) is 11.9. The lowest BCUT2D eigenvalue weighted by atomic mass is 10.1. The molecule has 1 amide bonds. The van der Waals surface area contributed by atoms with Crippen molar-refractivity contribution in [2.24, 2.45) is 0 Å². The van der Waals surface area contributed by atoms with E-state index in [1.54, 1.807) is 37.1 Å². The number of carbonyl (C=O) groups excluding carboxylic acids is 1. The molecule has 0 radical (unpaired) electrons. The van der Waals surface area contributed by atoms with Gasteiger partial charge < -0.3 is 24.1 Å². The first-order valence-electron chi connectivity index (χ1n) is 10.9. The molecule has 0 aliphatic carbocycles. The Hall–Kier alpha value is -3.04. The summed E-state index contributed by atoms with van der Waals surface area (Å²) in [6.45, 7) is 1.70. The third-order valence-electron chi connectivity index (χ3n) is 5.46. The molecule has 1 saturated heterocycles. The lowest BCUT2D eigenvalue weighted by molar-refractivity contribution is 0.0946. The van der Waals surface area contributed by atoms with Crippen LogP contribution in [0.4, 0.5) is 0 Å². The van der Waals surface area contributed by atoms with E-state index in [1.807, 2.05) is 18.2 Å². The minimum atomic E-state index is -0.252. The van der Waals surface area contributed by atoms with E-state index < -0.39 is 0 Å². The molecular formula is C24H28N4O4S. The maximum atomic E-state index is 12.9. The molecule has 1 atom stereocenters. The zero-order valence-corrected chi connectivity index (χ0v) is 19.6. The van der Waals surface area contributed by atoms with Gasteiger partial charge in [0.25, 0.3) is 5.91 Å². The van der Waals surface area contributed by atoms with E-state index in [4.69, 9.17) is 14.2 Å². The van der Waals surface area contributed by atoms with Crippen molar-refractivity contribution in [2.75, 3.05) is 26.6 Å². The minimum absolute atomic E-state index is 0.244. The van der Waals surface area contributed by atoms with Crippen LogP contribution in [-0.2, 0) is 17.8 Å². The summed E-state index contributed by atoms with van der Waals surface area (Å²) < 4.78 is 18.4. The molecule has 33 heavy (non-hydrogen) atoms. The fourth-order valence-electron chi connectivity index (χ4n) is 3.67. The molecule has 0 bridgehead atoms. The third kappa shape index (κ3) is 5.85. The topological polar surface area (TPSA) is 87.5 Å². The standard InChI is InChI=1S/C24H28N4O4S/c1-30-18-10-11-20(21(13-18)31-2)23(29)25-14-22-26-27-24(33-16-19-9-6-12-32-19)28(22)15-17-7-4-3-5-8-17/h3-5,7-8,10-11,13,19H,6,9,12,14-16H2,1-2H3,(H,25,29)/t19-/m0/s1. The van der Waals surface area contributed by atoms with Crippen molar-refractivity contribution in [1.82, 2.24) is 20.1 Å². The normalized spacial score (nSPS) is 15.4. The summed E-state index contributed by atoms with van der Waals surface area (Å²) in [4.78, 5) is 12.9.